The number of hydrogen-bond acceptors (Lipinski definition) is 4. The van der Waals surface area contributed by atoms with Crippen LogP contribution in [0.15, 0.2) is 36.5 Å². The molecule has 1 heterocycles. The number of amides is 1. The van der Waals surface area contributed by atoms with Crippen LogP contribution >= 0.6 is 0 Å². The molecule has 1 aromatic heterocycles. The lowest BCUT2D eigenvalue weighted by Crippen LogP contribution is -2.16. The first kappa shape index (κ1) is 13.2. The molecule has 0 atom stereocenters. The van der Waals surface area contributed by atoms with E-state index in [2.05, 4.69) is 5.32 Å². The van der Waals surface area contributed by atoms with Gasteiger partial charge in [-0.05, 0) is 31.0 Å². The number of nitro groups is 1. The van der Waals surface area contributed by atoms with Gasteiger partial charge in [-0.1, -0.05) is 0 Å². The summed E-state index contributed by atoms with van der Waals surface area (Å²) in [4.78, 5) is 22.4. The number of anilines is 1. The highest BCUT2D eigenvalue weighted by Crippen LogP contribution is 2.36. The number of hydrogen-bond donors (Lipinski definition) is 2. The second-order valence-electron chi connectivity index (χ2n) is 4.94. The summed E-state index contributed by atoms with van der Waals surface area (Å²) in [5.74, 6) is -0.610. The Morgan fingerprint density at radius 3 is 2.81 bits per heavy atom. The van der Waals surface area contributed by atoms with Crippen LogP contribution in [0.5, 0.6) is 5.75 Å². The molecule has 3 rings (SSSR count). The molecule has 1 aliphatic rings. The zero-order chi connectivity index (χ0) is 15.0. The van der Waals surface area contributed by atoms with Gasteiger partial charge in [-0.3, -0.25) is 14.9 Å². The van der Waals surface area contributed by atoms with Crippen molar-refractivity contribution in [3.8, 4) is 5.75 Å². The molecule has 1 aromatic carbocycles. The number of benzene rings is 1. The van der Waals surface area contributed by atoms with Crippen LogP contribution in [0.4, 0.5) is 11.4 Å². The summed E-state index contributed by atoms with van der Waals surface area (Å²) in [6.07, 6.45) is 3.91. The standard InChI is InChI=1S/C14H13N3O4/c18-13-6-5-10(17(20)21)8-11(13)15-14(19)12-2-1-7-16(12)9-3-4-9/h1-2,5-9,18H,3-4H2,(H,15,19). The largest absolute Gasteiger partial charge is 0.506 e. The summed E-state index contributed by atoms with van der Waals surface area (Å²) >= 11 is 0. The monoisotopic (exact) mass is 287 g/mol. The maximum Gasteiger partial charge on any atom is 0.272 e. The molecule has 108 valence electrons. The van der Waals surface area contributed by atoms with Crippen molar-refractivity contribution >= 4 is 17.3 Å². The number of carbonyl (C=O) groups is 1. The van der Waals surface area contributed by atoms with Gasteiger partial charge >= 0.3 is 0 Å². The van der Waals surface area contributed by atoms with E-state index in [9.17, 15) is 20.0 Å². The first-order valence-corrected chi connectivity index (χ1v) is 6.52. The van der Waals surface area contributed by atoms with Gasteiger partial charge in [0.15, 0.2) is 0 Å². The van der Waals surface area contributed by atoms with E-state index in [1.54, 1.807) is 12.1 Å². The quantitative estimate of drug-likeness (QED) is 0.513. The van der Waals surface area contributed by atoms with Gasteiger partial charge in [0.2, 0.25) is 0 Å². The number of aromatic nitrogens is 1. The van der Waals surface area contributed by atoms with Gasteiger partial charge in [0.05, 0.1) is 10.6 Å². The molecule has 1 amide bonds. The highest BCUT2D eigenvalue weighted by molar-refractivity contribution is 6.04. The van der Waals surface area contributed by atoms with Crippen molar-refractivity contribution in [2.24, 2.45) is 0 Å². The van der Waals surface area contributed by atoms with Crippen molar-refractivity contribution in [2.75, 3.05) is 5.32 Å². The number of nitrogens with one attached hydrogen (secondary N) is 1. The summed E-state index contributed by atoms with van der Waals surface area (Å²) in [5.41, 5.74) is 0.307. The van der Waals surface area contributed by atoms with E-state index in [1.807, 2.05) is 10.8 Å². The van der Waals surface area contributed by atoms with Crippen molar-refractivity contribution in [1.29, 1.82) is 0 Å². The predicted molar refractivity (Wildman–Crippen MR) is 75.4 cm³/mol. The molecule has 1 saturated carbocycles. The highest BCUT2D eigenvalue weighted by Gasteiger charge is 2.27. The SMILES string of the molecule is O=C(Nc1cc([N+](=O)[O-])ccc1O)c1cccn1C1CC1. The van der Waals surface area contributed by atoms with E-state index < -0.39 is 10.8 Å². The molecule has 0 radical (unpaired) electrons. The van der Waals surface area contributed by atoms with Gasteiger partial charge < -0.3 is 15.0 Å². The van der Waals surface area contributed by atoms with Crippen LogP contribution in [-0.2, 0) is 0 Å². The number of nitro benzene ring substituents is 1. The molecule has 0 saturated heterocycles. The first-order chi connectivity index (χ1) is 10.1. The van der Waals surface area contributed by atoms with Gasteiger partial charge in [-0.25, -0.2) is 0 Å². The maximum atomic E-state index is 12.2. The van der Waals surface area contributed by atoms with Gasteiger partial charge in [-0.15, -0.1) is 0 Å². The van der Waals surface area contributed by atoms with Crippen molar-refractivity contribution in [1.82, 2.24) is 4.57 Å². The third kappa shape index (κ3) is 2.58. The van der Waals surface area contributed by atoms with Gasteiger partial charge in [0, 0.05) is 24.4 Å². The Labute approximate surface area is 120 Å². The van der Waals surface area contributed by atoms with E-state index in [-0.39, 0.29) is 17.1 Å². The lowest BCUT2D eigenvalue weighted by molar-refractivity contribution is -0.384. The molecule has 21 heavy (non-hydrogen) atoms. The van der Waals surface area contributed by atoms with Crippen LogP contribution in [0.2, 0.25) is 0 Å². The number of nitrogens with zero attached hydrogens (tertiary/aromatic N) is 2. The van der Waals surface area contributed by atoms with E-state index in [4.69, 9.17) is 0 Å². The minimum absolute atomic E-state index is 0.0257. The Bertz CT molecular complexity index is 719. The first-order valence-electron chi connectivity index (χ1n) is 6.52. The molecule has 0 unspecified atom stereocenters. The Hall–Kier alpha value is -2.83. The summed E-state index contributed by atoms with van der Waals surface area (Å²) in [6.45, 7) is 0. The number of phenols is 1. The average Bonchev–Trinajstić information content (AvgIpc) is 3.18. The van der Waals surface area contributed by atoms with Crippen LogP contribution < -0.4 is 5.32 Å². The molecule has 0 aliphatic heterocycles. The molecule has 0 bridgehead atoms. The minimum Gasteiger partial charge on any atom is -0.506 e. The van der Waals surface area contributed by atoms with Gasteiger partial charge in [-0.2, -0.15) is 0 Å². The zero-order valence-corrected chi connectivity index (χ0v) is 11.0. The zero-order valence-electron chi connectivity index (χ0n) is 11.0. The second kappa shape index (κ2) is 4.93. The molecule has 2 N–H and O–H groups in total. The number of carbonyl (C=O) groups excluding carboxylic acids is 1. The topological polar surface area (TPSA) is 97.4 Å². The lowest BCUT2D eigenvalue weighted by Gasteiger charge is -2.09. The molecular weight excluding hydrogens is 274 g/mol. The second-order valence-corrected chi connectivity index (χ2v) is 4.94. The Kier molecular flexibility index (Phi) is 3.09. The summed E-state index contributed by atoms with van der Waals surface area (Å²) < 4.78 is 1.88. The molecule has 1 aliphatic carbocycles. The van der Waals surface area contributed by atoms with Crippen molar-refractivity contribution in [2.45, 2.75) is 18.9 Å². The number of rotatable bonds is 4. The molecule has 7 nitrogen and oxygen atoms in total. The van der Waals surface area contributed by atoms with Gasteiger partial charge in [0.1, 0.15) is 11.4 Å². The minimum atomic E-state index is -0.581. The fourth-order valence-electron chi connectivity index (χ4n) is 2.18. The van der Waals surface area contributed by atoms with E-state index in [1.165, 1.54) is 12.1 Å². The van der Waals surface area contributed by atoms with Gasteiger partial charge in [0.25, 0.3) is 11.6 Å². The molecule has 1 fully saturated rings. The lowest BCUT2D eigenvalue weighted by atomic mass is 10.2. The fraction of sp³-hybridized carbons (Fsp3) is 0.214. The number of non-ortho nitro benzene ring substituents is 1. The van der Waals surface area contributed by atoms with Crippen LogP contribution in [-0.4, -0.2) is 20.5 Å². The van der Waals surface area contributed by atoms with Crippen molar-refractivity contribution in [3.63, 3.8) is 0 Å². The van der Waals surface area contributed by atoms with Crippen LogP contribution in [0.1, 0.15) is 29.4 Å². The van der Waals surface area contributed by atoms with E-state index >= 15 is 0 Å². The number of aromatic hydroxyl groups is 1. The third-order valence-corrected chi connectivity index (χ3v) is 3.39. The highest BCUT2D eigenvalue weighted by atomic mass is 16.6. The maximum absolute atomic E-state index is 12.2. The van der Waals surface area contributed by atoms with Crippen LogP contribution in [0, 0.1) is 10.1 Å². The van der Waals surface area contributed by atoms with Crippen molar-refractivity contribution < 1.29 is 14.8 Å². The Balaban J connectivity index is 1.85. The normalized spacial score (nSPS) is 13.9. The van der Waals surface area contributed by atoms with Crippen LogP contribution in [0.3, 0.4) is 0 Å². The Morgan fingerprint density at radius 2 is 2.14 bits per heavy atom. The van der Waals surface area contributed by atoms with E-state index in [0.29, 0.717) is 11.7 Å². The molecular formula is C14H13N3O4. The summed E-state index contributed by atoms with van der Waals surface area (Å²) in [5, 5.41) is 23.0. The van der Waals surface area contributed by atoms with Crippen LogP contribution in [0.25, 0.3) is 0 Å². The molecule has 7 heteroatoms. The van der Waals surface area contributed by atoms with E-state index in [0.717, 1.165) is 18.9 Å². The summed E-state index contributed by atoms with van der Waals surface area (Å²) in [6, 6.07) is 7.31. The van der Waals surface area contributed by atoms with Crippen molar-refractivity contribution in [3.05, 3.63) is 52.3 Å². The average molecular weight is 287 g/mol. The fourth-order valence-corrected chi connectivity index (χ4v) is 2.18. The third-order valence-electron chi connectivity index (χ3n) is 3.39. The Morgan fingerprint density at radius 1 is 1.38 bits per heavy atom. The molecule has 2 aromatic rings. The smallest absolute Gasteiger partial charge is 0.272 e. The molecule has 0 spiro atoms. The predicted octanol–water partition coefficient (Wildman–Crippen LogP) is 2.69. The number of phenolic OH excluding ortho intramolecular Hbond substituents is 1. The summed E-state index contributed by atoms with van der Waals surface area (Å²) in [7, 11) is 0.